The van der Waals surface area contributed by atoms with Crippen LogP contribution in [0.4, 0.5) is 0 Å². The highest BCUT2D eigenvalue weighted by molar-refractivity contribution is 5.88. The monoisotopic (exact) mass is 664 g/mol. The fourth-order valence-electron chi connectivity index (χ4n) is 2.97. The van der Waals surface area contributed by atoms with Crippen LogP contribution in [0, 0.1) is 0 Å². The molecule has 0 bridgehead atoms. The fourth-order valence-corrected chi connectivity index (χ4v) is 2.97. The summed E-state index contributed by atoms with van der Waals surface area (Å²) in [5.74, 6) is -1.60. The Bertz CT molecular complexity index is 1100. The molecule has 1 aliphatic carbocycles. The lowest BCUT2D eigenvalue weighted by molar-refractivity contribution is -0.139. The van der Waals surface area contributed by atoms with Crippen LogP contribution in [0.5, 0.6) is 0 Å². The lowest BCUT2D eigenvalue weighted by Gasteiger charge is -2.01. The molecule has 0 saturated heterocycles. The molecule has 0 fully saturated rings. The first-order valence-corrected chi connectivity index (χ1v) is 16.1. The molecule has 0 aliphatic heterocycles. The standard InChI is InChI=1S/C20H28O4.C12H16O4.C8H12/c1-17(2)19(21)23-15-13-11-9-7-5-6-8-10-12-14-16-24-20(22)18(3)4;1-9(2)11(13)15-7-5-6-8-16-12(14)10(3)4;1-2-4-6-8-7-5-3-1/h5-6,11-14H,1,3,7-10,15-16H2,2,4H3;5-6H,1,3,7-8H2,2,4H3;1-2,7-8H,3-6H2/b6-5+,13-11+,14-12+;6-5-;2-1-,8-7?. The Balaban J connectivity index is 0. The fraction of sp³-hybridized carbons (Fsp3) is 0.400. The van der Waals surface area contributed by atoms with Crippen molar-refractivity contribution < 1.29 is 38.1 Å². The number of unbranched alkanes of at least 4 members (excludes halogenated alkanes) is 2. The van der Waals surface area contributed by atoms with E-state index in [1.165, 1.54) is 25.7 Å². The molecular weight excluding hydrogens is 608 g/mol. The minimum Gasteiger partial charge on any atom is -0.458 e. The molecule has 8 nitrogen and oxygen atoms in total. The number of allylic oxidation sites excluding steroid dienone is 8. The first kappa shape index (κ1) is 45.4. The zero-order valence-electron chi connectivity index (χ0n) is 29.5. The summed E-state index contributed by atoms with van der Waals surface area (Å²) in [5, 5.41) is 0. The van der Waals surface area contributed by atoms with Gasteiger partial charge in [-0.15, -0.1) is 0 Å². The van der Waals surface area contributed by atoms with Crippen LogP contribution >= 0.6 is 0 Å². The van der Waals surface area contributed by atoms with Gasteiger partial charge in [-0.2, -0.15) is 0 Å². The van der Waals surface area contributed by atoms with E-state index < -0.39 is 11.9 Å². The minimum absolute atomic E-state index is 0.135. The van der Waals surface area contributed by atoms with Crippen molar-refractivity contribution in [2.75, 3.05) is 26.4 Å². The lowest BCUT2D eigenvalue weighted by Crippen LogP contribution is -2.06. The van der Waals surface area contributed by atoms with Crippen LogP contribution in [0.1, 0.15) is 79.1 Å². The first-order valence-electron chi connectivity index (χ1n) is 16.1. The average Bonchev–Trinajstić information content (AvgIpc) is 3.02. The van der Waals surface area contributed by atoms with Crippen LogP contribution in [-0.2, 0) is 38.1 Å². The third-order valence-electron chi connectivity index (χ3n) is 5.64. The van der Waals surface area contributed by atoms with Gasteiger partial charge in [-0.25, -0.2) is 19.2 Å². The molecule has 0 spiro atoms. The number of carbonyl (C=O) groups is 4. The highest BCUT2D eigenvalue weighted by atomic mass is 16.5. The Hall–Kier alpha value is -4.72. The summed E-state index contributed by atoms with van der Waals surface area (Å²) in [4.78, 5) is 44.1. The highest BCUT2D eigenvalue weighted by Crippen LogP contribution is 2.03. The van der Waals surface area contributed by atoms with Crippen LogP contribution in [0.3, 0.4) is 0 Å². The van der Waals surface area contributed by atoms with Crippen molar-refractivity contribution in [3.63, 3.8) is 0 Å². The maximum atomic E-state index is 11.1. The number of hydrogen-bond donors (Lipinski definition) is 0. The van der Waals surface area contributed by atoms with E-state index in [2.05, 4.69) is 62.8 Å². The second-order valence-electron chi connectivity index (χ2n) is 10.7. The molecule has 0 saturated carbocycles. The Labute approximate surface area is 288 Å². The normalized spacial score (nSPS) is 12.9. The Morgan fingerprint density at radius 1 is 0.417 bits per heavy atom. The maximum Gasteiger partial charge on any atom is 0.333 e. The molecule has 0 aromatic carbocycles. The molecule has 0 N–H and O–H groups in total. The van der Waals surface area contributed by atoms with E-state index in [-0.39, 0.29) is 38.4 Å². The maximum absolute atomic E-state index is 11.1. The van der Waals surface area contributed by atoms with Gasteiger partial charge in [0.2, 0.25) is 0 Å². The number of rotatable bonds is 18. The summed E-state index contributed by atoms with van der Waals surface area (Å²) >= 11 is 0. The molecule has 0 amide bonds. The first-order chi connectivity index (χ1) is 22.9. The molecular formula is C40H56O8. The van der Waals surface area contributed by atoms with Crippen molar-refractivity contribution in [2.24, 2.45) is 0 Å². The van der Waals surface area contributed by atoms with Gasteiger partial charge < -0.3 is 18.9 Å². The van der Waals surface area contributed by atoms with Crippen LogP contribution in [0.2, 0.25) is 0 Å². The summed E-state index contributed by atoms with van der Waals surface area (Å²) in [6.07, 6.45) is 32.8. The molecule has 0 aromatic rings. The van der Waals surface area contributed by atoms with E-state index in [4.69, 9.17) is 18.9 Å². The van der Waals surface area contributed by atoms with E-state index in [0.717, 1.165) is 25.7 Å². The molecule has 0 atom stereocenters. The Morgan fingerprint density at radius 3 is 0.812 bits per heavy atom. The van der Waals surface area contributed by atoms with Gasteiger partial charge >= 0.3 is 23.9 Å². The SMILES string of the molecule is C1=CCC/C=C\CC1.C=C(C)C(=O)OC/C=C/CC/C=C/CC/C=C/COC(=O)C(=C)C.C=C(C)C(=O)OC/C=C\COC(=O)C(=C)C. The molecule has 264 valence electrons. The second-order valence-corrected chi connectivity index (χ2v) is 10.7. The molecule has 48 heavy (non-hydrogen) atoms. The molecule has 8 heteroatoms. The van der Waals surface area contributed by atoms with Crippen molar-refractivity contribution in [1.29, 1.82) is 0 Å². The summed E-state index contributed by atoms with van der Waals surface area (Å²) in [6, 6.07) is 0. The van der Waals surface area contributed by atoms with Crippen LogP contribution in [-0.4, -0.2) is 50.3 Å². The van der Waals surface area contributed by atoms with Gasteiger partial charge in [0, 0.05) is 22.3 Å². The van der Waals surface area contributed by atoms with E-state index in [0.29, 0.717) is 22.3 Å². The van der Waals surface area contributed by atoms with Crippen molar-refractivity contribution >= 4 is 23.9 Å². The summed E-state index contributed by atoms with van der Waals surface area (Å²) < 4.78 is 19.4. The van der Waals surface area contributed by atoms with Crippen molar-refractivity contribution in [2.45, 2.75) is 79.1 Å². The van der Waals surface area contributed by atoms with E-state index >= 15 is 0 Å². The number of esters is 4. The predicted octanol–water partition coefficient (Wildman–Crippen LogP) is 8.91. The topological polar surface area (TPSA) is 105 Å². The smallest absolute Gasteiger partial charge is 0.333 e. The Morgan fingerprint density at radius 2 is 0.604 bits per heavy atom. The average molecular weight is 665 g/mol. The predicted molar refractivity (Wildman–Crippen MR) is 195 cm³/mol. The molecule has 0 unspecified atom stereocenters. The second kappa shape index (κ2) is 32.2. The molecule has 0 aromatic heterocycles. The number of carbonyl (C=O) groups excluding carboxylic acids is 4. The summed E-state index contributed by atoms with van der Waals surface area (Å²) in [7, 11) is 0. The molecule has 0 heterocycles. The molecule has 1 rings (SSSR count). The van der Waals surface area contributed by atoms with E-state index in [1.54, 1.807) is 39.8 Å². The van der Waals surface area contributed by atoms with Gasteiger partial charge in [-0.3, -0.25) is 0 Å². The molecule has 1 aliphatic rings. The van der Waals surface area contributed by atoms with Gasteiger partial charge in [0.25, 0.3) is 0 Å². The number of ether oxygens (including phenoxy) is 4. The summed E-state index contributed by atoms with van der Waals surface area (Å²) in [6.45, 7) is 21.1. The van der Waals surface area contributed by atoms with Gasteiger partial charge in [0.1, 0.15) is 26.4 Å². The van der Waals surface area contributed by atoms with Gasteiger partial charge in [-0.05, 0) is 91.2 Å². The van der Waals surface area contributed by atoms with Gasteiger partial charge in [0.05, 0.1) is 0 Å². The third-order valence-corrected chi connectivity index (χ3v) is 5.64. The zero-order chi connectivity index (χ0) is 36.4. The van der Waals surface area contributed by atoms with Gasteiger partial charge in [-0.1, -0.05) is 87.1 Å². The number of hydrogen-bond acceptors (Lipinski definition) is 8. The van der Waals surface area contributed by atoms with Crippen LogP contribution < -0.4 is 0 Å². The quantitative estimate of drug-likeness (QED) is 0.0470. The Kier molecular flexibility index (Phi) is 30.5. The molecule has 0 radical (unpaired) electrons. The van der Waals surface area contributed by atoms with E-state index in [1.807, 2.05) is 24.3 Å². The van der Waals surface area contributed by atoms with Gasteiger partial charge in [0.15, 0.2) is 0 Å². The zero-order valence-corrected chi connectivity index (χ0v) is 29.5. The third kappa shape index (κ3) is 32.7. The minimum atomic E-state index is -0.441. The van der Waals surface area contributed by atoms with Crippen molar-refractivity contribution in [1.82, 2.24) is 0 Å². The van der Waals surface area contributed by atoms with Crippen LogP contribution in [0.15, 0.2) is 122 Å². The van der Waals surface area contributed by atoms with Crippen molar-refractivity contribution in [3.05, 3.63) is 122 Å². The lowest BCUT2D eigenvalue weighted by atomic mass is 10.1. The van der Waals surface area contributed by atoms with Crippen LogP contribution in [0.25, 0.3) is 0 Å². The van der Waals surface area contributed by atoms with Crippen molar-refractivity contribution in [3.8, 4) is 0 Å². The summed E-state index contributed by atoms with van der Waals surface area (Å²) in [5.41, 5.74) is 1.52. The largest absolute Gasteiger partial charge is 0.458 e. The van der Waals surface area contributed by atoms with E-state index in [9.17, 15) is 19.2 Å². The highest BCUT2D eigenvalue weighted by Gasteiger charge is 2.02.